The first-order chi connectivity index (χ1) is 8.74. The summed E-state index contributed by atoms with van der Waals surface area (Å²) >= 11 is 9.35. The van der Waals surface area contributed by atoms with Gasteiger partial charge in [0.25, 0.3) is 0 Å². The summed E-state index contributed by atoms with van der Waals surface area (Å²) in [5, 5.41) is 5.59. The van der Waals surface area contributed by atoms with Gasteiger partial charge in [0.15, 0.2) is 0 Å². The molecule has 0 fully saturated rings. The molecule has 1 nitrogen and oxygen atoms in total. The molecule has 0 aliphatic carbocycles. The van der Waals surface area contributed by atoms with Crippen molar-refractivity contribution >= 4 is 34.3 Å². The Morgan fingerprint density at radius 2 is 2.22 bits per heavy atom. The first kappa shape index (κ1) is 13.6. The maximum absolute atomic E-state index is 6.02. The lowest BCUT2D eigenvalue weighted by atomic mass is 10.1. The van der Waals surface area contributed by atoms with Crippen molar-refractivity contribution in [2.45, 2.75) is 25.4 Å². The molecule has 0 aromatic carbocycles. The van der Waals surface area contributed by atoms with Crippen molar-refractivity contribution in [1.82, 2.24) is 5.32 Å². The predicted octanol–water partition coefficient (Wildman–Crippen LogP) is 4.55. The summed E-state index contributed by atoms with van der Waals surface area (Å²) in [5.41, 5.74) is 0. The van der Waals surface area contributed by atoms with Gasteiger partial charge in [0.2, 0.25) is 0 Å². The highest BCUT2D eigenvalue weighted by atomic mass is 35.5. The van der Waals surface area contributed by atoms with E-state index in [-0.39, 0.29) is 12.1 Å². The molecule has 2 atom stereocenters. The van der Waals surface area contributed by atoms with Crippen LogP contribution in [0.4, 0.5) is 0 Å². The molecule has 1 N–H and O–H groups in total. The molecule has 0 amide bonds. The third-order valence-corrected chi connectivity index (χ3v) is 4.92. The predicted molar refractivity (Wildman–Crippen MR) is 81.5 cm³/mol. The van der Waals surface area contributed by atoms with Crippen LogP contribution in [0.1, 0.15) is 29.1 Å². The van der Waals surface area contributed by atoms with E-state index in [1.165, 1.54) is 9.75 Å². The van der Waals surface area contributed by atoms with Crippen LogP contribution < -0.4 is 5.32 Å². The average Bonchev–Trinajstić information content (AvgIpc) is 3.02. The fraction of sp³-hybridized carbons (Fsp3) is 0.286. The molecular formula is C14H14ClNS2. The zero-order chi connectivity index (χ0) is 13.0. The van der Waals surface area contributed by atoms with E-state index in [2.05, 4.69) is 41.7 Å². The Bertz CT molecular complexity index is 524. The normalized spacial score (nSPS) is 14.1. The van der Waals surface area contributed by atoms with Gasteiger partial charge in [-0.05, 0) is 30.0 Å². The quantitative estimate of drug-likeness (QED) is 0.798. The first-order valence-electron chi connectivity index (χ1n) is 5.75. The summed E-state index contributed by atoms with van der Waals surface area (Å²) < 4.78 is 0.808. The number of hydrogen-bond donors (Lipinski definition) is 1. The molecule has 0 radical (unpaired) electrons. The second-order valence-corrected chi connectivity index (χ2v) is 6.61. The molecule has 2 unspecified atom stereocenters. The Morgan fingerprint density at radius 1 is 1.39 bits per heavy atom. The highest BCUT2D eigenvalue weighted by Gasteiger charge is 2.19. The Balaban J connectivity index is 2.27. The van der Waals surface area contributed by atoms with E-state index in [9.17, 15) is 0 Å². The molecule has 0 saturated carbocycles. The van der Waals surface area contributed by atoms with Crippen molar-refractivity contribution in [1.29, 1.82) is 0 Å². The monoisotopic (exact) mass is 295 g/mol. The van der Waals surface area contributed by atoms with E-state index < -0.39 is 0 Å². The maximum atomic E-state index is 6.02. The second-order valence-electron chi connectivity index (χ2n) is 3.88. The van der Waals surface area contributed by atoms with Gasteiger partial charge >= 0.3 is 0 Å². The third kappa shape index (κ3) is 3.15. The summed E-state index contributed by atoms with van der Waals surface area (Å²) in [6, 6.07) is 8.40. The molecule has 2 rings (SSSR count). The summed E-state index contributed by atoms with van der Waals surface area (Å²) in [6.45, 7) is 2.09. The van der Waals surface area contributed by atoms with Crippen LogP contribution >= 0.6 is 34.3 Å². The minimum absolute atomic E-state index is 0.0815. The minimum Gasteiger partial charge on any atom is -0.292 e. The minimum atomic E-state index is 0.0815. The van der Waals surface area contributed by atoms with Crippen molar-refractivity contribution in [3.05, 3.63) is 43.7 Å². The second kappa shape index (κ2) is 6.40. The van der Waals surface area contributed by atoms with Gasteiger partial charge in [-0.2, -0.15) is 0 Å². The molecule has 0 aliphatic rings. The van der Waals surface area contributed by atoms with Crippen LogP contribution in [-0.2, 0) is 0 Å². The number of halogens is 1. The van der Waals surface area contributed by atoms with Crippen LogP contribution in [0.25, 0.3) is 0 Å². The van der Waals surface area contributed by atoms with Gasteiger partial charge in [-0.25, -0.2) is 0 Å². The molecule has 0 bridgehead atoms. The van der Waals surface area contributed by atoms with Gasteiger partial charge in [0.1, 0.15) is 0 Å². The lowest BCUT2D eigenvalue weighted by molar-refractivity contribution is 0.545. The molecule has 4 heteroatoms. The number of rotatable bonds is 5. The van der Waals surface area contributed by atoms with Gasteiger partial charge in [0.05, 0.1) is 16.4 Å². The Kier molecular flexibility index (Phi) is 4.85. The fourth-order valence-corrected chi connectivity index (χ4v) is 3.75. The van der Waals surface area contributed by atoms with Gasteiger partial charge in [-0.1, -0.05) is 30.5 Å². The molecule has 0 spiro atoms. The summed E-state index contributed by atoms with van der Waals surface area (Å²) in [7, 11) is 0. The van der Waals surface area contributed by atoms with Crippen LogP contribution in [0.3, 0.4) is 0 Å². The molecule has 2 aromatic heterocycles. The molecule has 2 heterocycles. The Labute approximate surface area is 121 Å². The van der Waals surface area contributed by atoms with Crippen molar-refractivity contribution in [3.63, 3.8) is 0 Å². The van der Waals surface area contributed by atoms with Gasteiger partial charge in [0, 0.05) is 9.75 Å². The smallest absolute Gasteiger partial charge is 0.0931 e. The van der Waals surface area contributed by atoms with Crippen molar-refractivity contribution in [2.75, 3.05) is 0 Å². The Morgan fingerprint density at radius 3 is 2.72 bits per heavy atom. The highest BCUT2D eigenvalue weighted by Crippen LogP contribution is 2.33. The van der Waals surface area contributed by atoms with Crippen molar-refractivity contribution in [2.24, 2.45) is 0 Å². The van der Waals surface area contributed by atoms with E-state index >= 15 is 0 Å². The number of nitrogens with one attached hydrogen (secondary N) is 1. The van der Waals surface area contributed by atoms with Crippen molar-refractivity contribution in [3.8, 4) is 12.3 Å². The van der Waals surface area contributed by atoms with Crippen molar-refractivity contribution < 1.29 is 0 Å². The first-order valence-corrected chi connectivity index (χ1v) is 7.82. The van der Waals surface area contributed by atoms with E-state index in [1.54, 1.807) is 22.7 Å². The molecule has 18 heavy (non-hydrogen) atoms. The average molecular weight is 296 g/mol. The lowest BCUT2D eigenvalue weighted by Crippen LogP contribution is -2.31. The Hall–Kier alpha value is -0.790. The van der Waals surface area contributed by atoms with E-state index in [4.69, 9.17) is 18.0 Å². The molecule has 0 aliphatic heterocycles. The third-order valence-electron chi connectivity index (χ3n) is 2.68. The van der Waals surface area contributed by atoms with Crippen LogP contribution in [-0.4, -0.2) is 6.04 Å². The van der Waals surface area contributed by atoms with Gasteiger partial charge < -0.3 is 0 Å². The van der Waals surface area contributed by atoms with Crippen LogP contribution in [0, 0.1) is 12.3 Å². The van der Waals surface area contributed by atoms with Crippen LogP contribution in [0.5, 0.6) is 0 Å². The van der Waals surface area contributed by atoms with Crippen LogP contribution in [0.2, 0.25) is 4.34 Å². The molecule has 94 valence electrons. The molecule has 0 saturated heterocycles. The number of terminal acetylenes is 1. The SMILES string of the molecule is C#CC(CC)NC(c1cccs1)c1ccc(Cl)s1. The lowest BCUT2D eigenvalue weighted by Gasteiger charge is -2.20. The summed E-state index contributed by atoms with van der Waals surface area (Å²) in [4.78, 5) is 2.47. The standard InChI is InChI=1S/C14H14ClNS2/c1-3-10(4-2)16-14(11-6-5-9-17-11)12-7-8-13(15)18-12/h1,5-10,14,16H,4H2,2H3. The number of thiophene rings is 2. The van der Waals surface area contributed by atoms with E-state index in [1.807, 2.05) is 6.07 Å². The van der Waals surface area contributed by atoms with E-state index in [0.717, 1.165) is 10.8 Å². The highest BCUT2D eigenvalue weighted by molar-refractivity contribution is 7.16. The largest absolute Gasteiger partial charge is 0.292 e. The van der Waals surface area contributed by atoms with Gasteiger partial charge in [-0.15, -0.1) is 29.1 Å². The zero-order valence-electron chi connectivity index (χ0n) is 10.0. The maximum Gasteiger partial charge on any atom is 0.0931 e. The van der Waals surface area contributed by atoms with Crippen LogP contribution in [0.15, 0.2) is 29.6 Å². The topological polar surface area (TPSA) is 12.0 Å². The van der Waals surface area contributed by atoms with E-state index in [0.29, 0.717) is 0 Å². The number of hydrogen-bond acceptors (Lipinski definition) is 3. The summed E-state index contributed by atoms with van der Waals surface area (Å²) in [6.07, 6.45) is 6.45. The molecule has 2 aromatic rings. The summed E-state index contributed by atoms with van der Waals surface area (Å²) in [5.74, 6) is 2.79. The van der Waals surface area contributed by atoms with Gasteiger partial charge in [-0.3, -0.25) is 5.32 Å². The fourth-order valence-electron chi connectivity index (χ4n) is 1.73. The molecular weight excluding hydrogens is 282 g/mol. The zero-order valence-corrected chi connectivity index (χ0v) is 12.4.